The van der Waals surface area contributed by atoms with E-state index in [9.17, 15) is 9.59 Å². The lowest BCUT2D eigenvalue weighted by atomic mass is 9.96. The summed E-state index contributed by atoms with van der Waals surface area (Å²) in [4.78, 5) is 30.6. The van der Waals surface area contributed by atoms with Crippen molar-refractivity contribution in [2.45, 2.75) is 25.7 Å². The van der Waals surface area contributed by atoms with Gasteiger partial charge in [-0.2, -0.15) is 0 Å². The lowest BCUT2D eigenvalue weighted by Crippen LogP contribution is -2.36. The molecule has 1 aromatic carbocycles. The van der Waals surface area contributed by atoms with E-state index in [-0.39, 0.29) is 11.9 Å². The number of rotatable bonds is 9. The topological polar surface area (TPSA) is 83.6 Å². The molecule has 2 N–H and O–H groups in total. The molecule has 32 heavy (non-hydrogen) atoms. The first-order valence-electron chi connectivity index (χ1n) is 10.7. The van der Waals surface area contributed by atoms with Crippen molar-refractivity contribution in [2.24, 2.45) is 5.92 Å². The molecule has 1 aromatic heterocycles. The molecule has 1 aliphatic rings. The summed E-state index contributed by atoms with van der Waals surface area (Å²) >= 11 is 12.0. The number of piperidine rings is 1. The Hall–Kier alpha value is -2.35. The molecule has 172 valence electrons. The molecule has 9 heteroatoms. The number of benzene rings is 1. The number of ether oxygens (including phenoxy) is 1. The third kappa shape index (κ3) is 7.36. The van der Waals surface area contributed by atoms with Gasteiger partial charge in [-0.3, -0.25) is 9.59 Å². The number of esters is 1. The fourth-order valence-corrected chi connectivity index (χ4v) is 3.99. The number of methoxy groups -OCH3 is 1. The molecular formula is C23H28Cl2N4O3. The van der Waals surface area contributed by atoms with Gasteiger partial charge in [-0.05, 0) is 75.1 Å². The maximum absolute atomic E-state index is 12.8. The number of carbonyl (C=O) groups is 2. The number of amides is 1. The fourth-order valence-electron chi connectivity index (χ4n) is 3.71. The average Bonchev–Trinajstić information content (AvgIpc) is 2.80. The Bertz CT molecular complexity index is 916. The molecule has 0 aliphatic carbocycles. The van der Waals surface area contributed by atoms with Crippen LogP contribution in [0.1, 0.15) is 36.0 Å². The lowest BCUT2D eigenvalue weighted by Gasteiger charge is -2.32. The fraction of sp³-hybridized carbons (Fsp3) is 0.435. The number of hydrogen-bond donors (Lipinski definition) is 2. The van der Waals surface area contributed by atoms with E-state index < -0.39 is 0 Å². The quantitative estimate of drug-likeness (QED) is 0.507. The highest BCUT2D eigenvalue weighted by molar-refractivity contribution is 6.31. The standard InChI is InChI=1S/C23H28Cl2N4O3/c1-32-22(30)3-2-10-29-11-8-16(9-12-29)14-26-20-6-4-17(24)13-19(20)23(31)28-21-7-5-18(25)15-27-21/h4-7,13,15-16,26H,2-3,8-12,14H2,1H3,(H,27,28,31). The normalized spacial score (nSPS) is 14.7. The predicted molar refractivity (Wildman–Crippen MR) is 128 cm³/mol. The van der Waals surface area contributed by atoms with Crippen LogP contribution < -0.4 is 10.6 Å². The third-order valence-corrected chi connectivity index (χ3v) is 6.03. The Morgan fingerprint density at radius 2 is 1.91 bits per heavy atom. The molecule has 1 amide bonds. The summed E-state index contributed by atoms with van der Waals surface area (Å²) in [6, 6.07) is 8.57. The molecule has 0 bridgehead atoms. The Labute approximate surface area is 198 Å². The van der Waals surface area contributed by atoms with Crippen LogP contribution in [0.15, 0.2) is 36.5 Å². The highest BCUT2D eigenvalue weighted by Crippen LogP contribution is 2.24. The number of aromatic nitrogens is 1. The van der Waals surface area contributed by atoms with Crippen LogP contribution in [0.3, 0.4) is 0 Å². The van der Waals surface area contributed by atoms with E-state index >= 15 is 0 Å². The van der Waals surface area contributed by atoms with Gasteiger partial charge in [-0.1, -0.05) is 23.2 Å². The SMILES string of the molecule is COC(=O)CCCN1CCC(CNc2ccc(Cl)cc2C(=O)Nc2ccc(Cl)cn2)CC1. The molecule has 1 saturated heterocycles. The maximum Gasteiger partial charge on any atom is 0.305 e. The molecule has 0 atom stereocenters. The van der Waals surface area contributed by atoms with E-state index in [4.69, 9.17) is 27.9 Å². The van der Waals surface area contributed by atoms with E-state index in [0.717, 1.165) is 51.1 Å². The summed E-state index contributed by atoms with van der Waals surface area (Å²) in [5.74, 6) is 0.491. The molecular weight excluding hydrogens is 451 g/mol. The monoisotopic (exact) mass is 478 g/mol. The zero-order chi connectivity index (χ0) is 22.9. The molecule has 1 fully saturated rings. The minimum Gasteiger partial charge on any atom is -0.469 e. The molecule has 0 spiro atoms. The smallest absolute Gasteiger partial charge is 0.305 e. The number of nitrogens with one attached hydrogen (secondary N) is 2. The van der Waals surface area contributed by atoms with Crippen LogP contribution in [0.4, 0.5) is 11.5 Å². The molecule has 7 nitrogen and oxygen atoms in total. The van der Waals surface area contributed by atoms with Gasteiger partial charge in [-0.15, -0.1) is 0 Å². The molecule has 2 heterocycles. The summed E-state index contributed by atoms with van der Waals surface area (Å²) in [5.41, 5.74) is 1.20. The first-order valence-corrected chi connectivity index (χ1v) is 11.5. The Morgan fingerprint density at radius 1 is 1.16 bits per heavy atom. The lowest BCUT2D eigenvalue weighted by molar-refractivity contribution is -0.140. The molecule has 3 rings (SSSR count). The largest absolute Gasteiger partial charge is 0.469 e. The molecule has 0 radical (unpaired) electrons. The van der Waals surface area contributed by atoms with Crippen molar-refractivity contribution in [2.75, 3.05) is 43.9 Å². The zero-order valence-corrected chi connectivity index (χ0v) is 19.6. The van der Waals surface area contributed by atoms with Gasteiger partial charge in [-0.25, -0.2) is 4.98 Å². The Balaban J connectivity index is 1.51. The highest BCUT2D eigenvalue weighted by Gasteiger charge is 2.20. The number of hydrogen-bond acceptors (Lipinski definition) is 6. The molecule has 2 aromatic rings. The van der Waals surface area contributed by atoms with E-state index in [2.05, 4.69) is 20.5 Å². The Kier molecular flexibility index (Phi) is 9.14. The van der Waals surface area contributed by atoms with E-state index in [1.807, 2.05) is 6.07 Å². The van der Waals surface area contributed by atoms with Crippen LogP contribution in [0.2, 0.25) is 10.0 Å². The van der Waals surface area contributed by atoms with E-state index in [1.165, 1.54) is 13.3 Å². The Morgan fingerprint density at radius 3 is 2.59 bits per heavy atom. The summed E-state index contributed by atoms with van der Waals surface area (Å²) in [7, 11) is 1.42. The predicted octanol–water partition coefficient (Wildman–Crippen LogP) is 4.72. The van der Waals surface area contributed by atoms with Gasteiger partial charge >= 0.3 is 5.97 Å². The number of anilines is 2. The van der Waals surface area contributed by atoms with Crippen molar-refractivity contribution in [1.82, 2.24) is 9.88 Å². The van der Waals surface area contributed by atoms with Gasteiger partial charge in [0.15, 0.2) is 0 Å². The van der Waals surface area contributed by atoms with Crippen LogP contribution in [0, 0.1) is 5.92 Å². The molecule has 1 aliphatic heterocycles. The van der Waals surface area contributed by atoms with Crippen molar-refractivity contribution in [3.05, 3.63) is 52.1 Å². The van der Waals surface area contributed by atoms with Gasteiger partial charge in [0.1, 0.15) is 5.82 Å². The van der Waals surface area contributed by atoms with Crippen LogP contribution in [0.25, 0.3) is 0 Å². The number of nitrogens with zero attached hydrogens (tertiary/aromatic N) is 2. The van der Waals surface area contributed by atoms with Crippen molar-refractivity contribution in [3.8, 4) is 0 Å². The summed E-state index contributed by atoms with van der Waals surface area (Å²) in [5, 5.41) is 7.20. The second-order valence-electron chi connectivity index (χ2n) is 7.85. The second kappa shape index (κ2) is 12.0. The first kappa shape index (κ1) is 24.3. The second-order valence-corrected chi connectivity index (χ2v) is 8.72. The number of likely N-dealkylation sites (tertiary alicyclic amines) is 1. The van der Waals surface area contributed by atoms with Crippen molar-refractivity contribution < 1.29 is 14.3 Å². The van der Waals surface area contributed by atoms with Gasteiger partial charge in [0.25, 0.3) is 5.91 Å². The van der Waals surface area contributed by atoms with Crippen LogP contribution in [-0.4, -0.2) is 55.0 Å². The summed E-state index contributed by atoms with van der Waals surface area (Å²) in [6.07, 6.45) is 4.90. The van der Waals surface area contributed by atoms with Gasteiger partial charge in [0.05, 0.1) is 17.7 Å². The average molecular weight is 479 g/mol. The highest BCUT2D eigenvalue weighted by atomic mass is 35.5. The molecule has 0 saturated carbocycles. The van der Waals surface area contributed by atoms with Gasteiger partial charge in [0, 0.05) is 29.9 Å². The van der Waals surface area contributed by atoms with Crippen molar-refractivity contribution in [3.63, 3.8) is 0 Å². The molecule has 0 unspecified atom stereocenters. The summed E-state index contributed by atoms with van der Waals surface area (Å²) < 4.78 is 4.69. The zero-order valence-electron chi connectivity index (χ0n) is 18.1. The minimum atomic E-state index is -0.287. The number of pyridine rings is 1. The van der Waals surface area contributed by atoms with Crippen molar-refractivity contribution >= 4 is 46.6 Å². The van der Waals surface area contributed by atoms with Crippen LogP contribution in [0.5, 0.6) is 0 Å². The minimum absolute atomic E-state index is 0.154. The maximum atomic E-state index is 12.8. The number of carbonyl (C=O) groups excluding carboxylic acids is 2. The van der Waals surface area contributed by atoms with Crippen molar-refractivity contribution in [1.29, 1.82) is 0 Å². The van der Waals surface area contributed by atoms with Crippen LogP contribution >= 0.6 is 23.2 Å². The third-order valence-electron chi connectivity index (χ3n) is 5.57. The van der Waals surface area contributed by atoms with Crippen LogP contribution in [-0.2, 0) is 9.53 Å². The first-order chi connectivity index (χ1) is 15.4. The van der Waals surface area contributed by atoms with Gasteiger partial charge in [0.2, 0.25) is 0 Å². The van der Waals surface area contributed by atoms with E-state index in [0.29, 0.717) is 33.8 Å². The van der Waals surface area contributed by atoms with E-state index in [1.54, 1.807) is 24.3 Å². The number of halogens is 2. The van der Waals surface area contributed by atoms with Gasteiger partial charge < -0.3 is 20.3 Å². The summed E-state index contributed by atoms with van der Waals surface area (Å²) in [6.45, 7) is 3.69.